The molecule has 2 heterocycles. The topological polar surface area (TPSA) is 54.0 Å². The highest BCUT2D eigenvalue weighted by atomic mass is 35.5. The first-order chi connectivity index (χ1) is 9.13. The van der Waals surface area contributed by atoms with Crippen molar-refractivity contribution in [2.24, 2.45) is 0 Å². The number of aromatic nitrogens is 1. The number of nitrogens with zero attached hydrogens (tertiary/aromatic N) is 1. The van der Waals surface area contributed by atoms with E-state index in [1.54, 1.807) is 23.6 Å². The van der Waals surface area contributed by atoms with Crippen molar-refractivity contribution in [1.82, 2.24) is 4.98 Å². The summed E-state index contributed by atoms with van der Waals surface area (Å²) >= 11 is 7.83. The van der Waals surface area contributed by atoms with Gasteiger partial charge in [0.25, 0.3) is 0 Å². The molecule has 3 rings (SSSR count). The number of thiazole rings is 1. The number of benzene rings is 1. The lowest BCUT2D eigenvalue weighted by Crippen LogP contribution is -2.06. The molecular formula is C13H12ClN3OS. The Hall–Kier alpha value is -1.59. The van der Waals surface area contributed by atoms with Crippen molar-refractivity contribution in [3.8, 4) is 0 Å². The number of rotatable bonds is 3. The van der Waals surface area contributed by atoms with Gasteiger partial charge in [0.1, 0.15) is 5.01 Å². The number of anilines is 2. The Morgan fingerprint density at radius 2 is 2.37 bits per heavy atom. The quantitative estimate of drug-likeness (QED) is 0.911. The van der Waals surface area contributed by atoms with Gasteiger partial charge in [0, 0.05) is 17.3 Å². The zero-order valence-corrected chi connectivity index (χ0v) is 11.8. The lowest BCUT2D eigenvalue weighted by Gasteiger charge is -2.15. The van der Waals surface area contributed by atoms with E-state index in [4.69, 9.17) is 11.6 Å². The van der Waals surface area contributed by atoms with Crippen LogP contribution in [0.5, 0.6) is 0 Å². The normalized spacial score (nSPS) is 14.9. The number of carbonyl (C=O) groups excluding carboxylic acids is 1. The van der Waals surface area contributed by atoms with Gasteiger partial charge >= 0.3 is 0 Å². The van der Waals surface area contributed by atoms with Crippen molar-refractivity contribution >= 4 is 40.2 Å². The van der Waals surface area contributed by atoms with E-state index in [2.05, 4.69) is 15.6 Å². The third kappa shape index (κ3) is 2.43. The van der Waals surface area contributed by atoms with Crippen LogP contribution in [0, 0.1) is 0 Å². The van der Waals surface area contributed by atoms with Gasteiger partial charge in [-0.3, -0.25) is 4.79 Å². The molecule has 0 radical (unpaired) electrons. The third-order valence-electron chi connectivity index (χ3n) is 3.01. The molecule has 0 spiro atoms. The minimum atomic E-state index is 0.0104. The molecule has 2 aromatic rings. The van der Waals surface area contributed by atoms with Crippen molar-refractivity contribution in [2.45, 2.75) is 19.4 Å². The Morgan fingerprint density at radius 1 is 1.53 bits per heavy atom. The maximum absolute atomic E-state index is 11.3. The van der Waals surface area contributed by atoms with Gasteiger partial charge in [-0.15, -0.1) is 11.3 Å². The average Bonchev–Trinajstić information content (AvgIpc) is 2.97. The Balaban J connectivity index is 1.86. The van der Waals surface area contributed by atoms with E-state index in [0.717, 1.165) is 21.9 Å². The van der Waals surface area contributed by atoms with Gasteiger partial charge in [-0.05, 0) is 24.6 Å². The standard InChI is InChI=1S/C13H12ClN3OS/c1-7(13-15-2-3-19-13)16-11-4-8-5-12(18)17-10(8)6-9(11)14/h2-4,6-7,16H,5H2,1H3,(H,17,18). The Labute approximate surface area is 119 Å². The summed E-state index contributed by atoms with van der Waals surface area (Å²) in [5, 5.41) is 9.67. The van der Waals surface area contributed by atoms with Crippen molar-refractivity contribution in [2.75, 3.05) is 10.6 Å². The molecule has 1 aromatic heterocycles. The molecule has 2 N–H and O–H groups in total. The Kier molecular flexibility index (Phi) is 3.16. The molecule has 6 heteroatoms. The summed E-state index contributed by atoms with van der Waals surface area (Å²) < 4.78 is 0. The van der Waals surface area contributed by atoms with Gasteiger partial charge in [0.15, 0.2) is 0 Å². The zero-order valence-electron chi connectivity index (χ0n) is 10.2. The summed E-state index contributed by atoms with van der Waals surface area (Å²) in [6.45, 7) is 2.03. The van der Waals surface area contributed by atoms with Gasteiger partial charge in [0.2, 0.25) is 5.91 Å². The molecule has 0 bridgehead atoms. The zero-order chi connectivity index (χ0) is 13.4. The van der Waals surface area contributed by atoms with Crippen molar-refractivity contribution in [1.29, 1.82) is 0 Å². The molecule has 0 saturated carbocycles. The molecule has 19 heavy (non-hydrogen) atoms. The molecular weight excluding hydrogens is 282 g/mol. The van der Waals surface area contributed by atoms with E-state index in [-0.39, 0.29) is 11.9 Å². The largest absolute Gasteiger partial charge is 0.375 e. The molecule has 1 aromatic carbocycles. The minimum absolute atomic E-state index is 0.0104. The van der Waals surface area contributed by atoms with E-state index in [0.29, 0.717) is 11.4 Å². The van der Waals surface area contributed by atoms with Gasteiger partial charge < -0.3 is 10.6 Å². The first-order valence-electron chi connectivity index (χ1n) is 5.91. The molecule has 98 valence electrons. The summed E-state index contributed by atoms with van der Waals surface area (Å²) in [6.07, 6.45) is 2.19. The summed E-state index contributed by atoms with van der Waals surface area (Å²) in [4.78, 5) is 15.6. The molecule has 0 fully saturated rings. The van der Waals surface area contributed by atoms with Crippen LogP contribution in [0.4, 0.5) is 11.4 Å². The number of hydrogen-bond donors (Lipinski definition) is 2. The van der Waals surface area contributed by atoms with Crippen LogP contribution < -0.4 is 10.6 Å². The summed E-state index contributed by atoms with van der Waals surface area (Å²) in [5.74, 6) is 0.0104. The Morgan fingerprint density at radius 3 is 3.11 bits per heavy atom. The number of halogens is 1. The van der Waals surface area contributed by atoms with Crippen LogP contribution in [0.15, 0.2) is 23.7 Å². The predicted octanol–water partition coefficient (Wildman–Crippen LogP) is 3.46. The van der Waals surface area contributed by atoms with Crippen LogP contribution in [0.2, 0.25) is 5.02 Å². The first-order valence-corrected chi connectivity index (χ1v) is 7.17. The third-order valence-corrected chi connectivity index (χ3v) is 4.28. The van der Waals surface area contributed by atoms with Gasteiger partial charge in [0.05, 0.1) is 23.2 Å². The lowest BCUT2D eigenvalue weighted by atomic mass is 10.1. The highest BCUT2D eigenvalue weighted by molar-refractivity contribution is 7.09. The highest BCUT2D eigenvalue weighted by Gasteiger charge is 2.20. The fourth-order valence-corrected chi connectivity index (χ4v) is 2.97. The number of fused-ring (bicyclic) bond motifs is 1. The van der Waals surface area contributed by atoms with E-state index in [1.807, 2.05) is 18.4 Å². The maximum Gasteiger partial charge on any atom is 0.228 e. The van der Waals surface area contributed by atoms with Crippen LogP contribution in [0.1, 0.15) is 23.5 Å². The van der Waals surface area contributed by atoms with E-state index in [9.17, 15) is 4.79 Å². The van der Waals surface area contributed by atoms with Crippen LogP contribution in [-0.2, 0) is 11.2 Å². The van der Waals surface area contributed by atoms with E-state index < -0.39 is 0 Å². The smallest absolute Gasteiger partial charge is 0.228 e. The van der Waals surface area contributed by atoms with Crippen LogP contribution >= 0.6 is 22.9 Å². The predicted molar refractivity (Wildman–Crippen MR) is 77.9 cm³/mol. The summed E-state index contributed by atoms with van der Waals surface area (Å²) in [6, 6.07) is 3.80. The van der Waals surface area contributed by atoms with E-state index >= 15 is 0 Å². The van der Waals surface area contributed by atoms with Crippen molar-refractivity contribution < 1.29 is 4.79 Å². The molecule has 0 saturated heterocycles. The highest BCUT2D eigenvalue weighted by Crippen LogP contribution is 2.34. The second-order valence-electron chi connectivity index (χ2n) is 4.45. The summed E-state index contributed by atoms with van der Waals surface area (Å²) in [5.41, 5.74) is 2.62. The lowest BCUT2D eigenvalue weighted by molar-refractivity contribution is -0.115. The van der Waals surface area contributed by atoms with Gasteiger partial charge in [-0.2, -0.15) is 0 Å². The van der Waals surface area contributed by atoms with Crippen molar-refractivity contribution in [3.05, 3.63) is 39.3 Å². The fraction of sp³-hybridized carbons (Fsp3) is 0.231. The monoisotopic (exact) mass is 293 g/mol. The number of amides is 1. The molecule has 1 unspecified atom stereocenters. The first kappa shape index (κ1) is 12.4. The maximum atomic E-state index is 11.3. The number of carbonyl (C=O) groups is 1. The van der Waals surface area contributed by atoms with E-state index in [1.165, 1.54) is 0 Å². The number of nitrogens with one attached hydrogen (secondary N) is 2. The molecule has 1 aliphatic heterocycles. The van der Waals surface area contributed by atoms with Crippen LogP contribution in [0.3, 0.4) is 0 Å². The molecule has 1 atom stereocenters. The summed E-state index contributed by atoms with van der Waals surface area (Å²) in [7, 11) is 0. The molecule has 1 aliphatic rings. The molecule has 4 nitrogen and oxygen atoms in total. The van der Waals surface area contributed by atoms with Gasteiger partial charge in [-0.25, -0.2) is 4.98 Å². The SMILES string of the molecule is CC(Nc1cc2c(cc1Cl)NC(=O)C2)c1nccs1. The molecule has 1 amide bonds. The van der Waals surface area contributed by atoms with Gasteiger partial charge in [-0.1, -0.05) is 11.6 Å². The van der Waals surface area contributed by atoms with Crippen LogP contribution in [0.25, 0.3) is 0 Å². The molecule has 0 aliphatic carbocycles. The minimum Gasteiger partial charge on any atom is -0.375 e. The second kappa shape index (κ2) is 4.83. The van der Waals surface area contributed by atoms with Crippen molar-refractivity contribution in [3.63, 3.8) is 0 Å². The number of hydrogen-bond acceptors (Lipinski definition) is 4. The van der Waals surface area contributed by atoms with Crippen LogP contribution in [-0.4, -0.2) is 10.9 Å². The fourth-order valence-electron chi connectivity index (χ4n) is 2.10. The Bertz CT molecular complexity index is 627. The second-order valence-corrected chi connectivity index (χ2v) is 5.78. The average molecular weight is 294 g/mol.